The Morgan fingerprint density at radius 2 is 0.952 bits per heavy atom. The van der Waals surface area contributed by atoms with Crippen LogP contribution in [-0.2, 0) is 26.2 Å². The molecule has 0 spiro atoms. The number of hydrogen-bond donors (Lipinski definition) is 0. The Morgan fingerprint density at radius 3 is 1.05 bits per heavy atom. The Morgan fingerprint density at radius 1 is 0.762 bits per heavy atom. The zero-order chi connectivity index (χ0) is 16.7. The van der Waals surface area contributed by atoms with Crippen molar-refractivity contribution < 1.29 is 33.2 Å². The molecule has 3 N–H and O–H groups in total. The molecule has 7 heteroatoms. The minimum atomic E-state index is -3.89. The second kappa shape index (κ2) is 20.5. The van der Waals surface area contributed by atoms with Crippen LogP contribution in [-0.4, -0.2) is 33.4 Å². The summed E-state index contributed by atoms with van der Waals surface area (Å²) in [6.07, 6.45) is 0. The van der Waals surface area contributed by atoms with Gasteiger partial charge in [-0.15, -0.1) is 18.1 Å². The maximum atomic E-state index is 11.8. The van der Waals surface area contributed by atoms with Crippen LogP contribution < -0.4 is 4.40 Å². The predicted molar refractivity (Wildman–Crippen MR) is 89.4 cm³/mol. The number of rotatable bonds is 1. The summed E-state index contributed by atoms with van der Waals surface area (Å²) in [7, 11) is 0. The van der Waals surface area contributed by atoms with Crippen LogP contribution in [0.1, 0.15) is 41.5 Å². The average Bonchev–Trinajstić information content (AvgIpc) is 2.66. The van der Waals surface area contributed by atoms with Gasteiger partial charge >= 0.3 is 77.1 Å². The van der Waals surface area contributed by atoms with Crippen LogP contribution in [0.3, 0.4) is 0 Å². The van der Waals surface area contributed by atoms with E-state index < -0.39 is 15.3 Å². The minimum Gasteiger partial charge on any atom is 4.00 e. The SMILES string of the molecule is CC(C)[NH-].CC(C)[NH-].CC(C)[NH-].[F][GeH]([F])[c-]1cccc1.[Zr+4]. The molecule has 0 aliphatic carbocycles. The predicted octanol–water partition coefficient (Wildman–Crippen LogP) is 5.11. The second-order valence-corrected chi connectivity index (χ2v) is 7.64. The van der Waals surface area contributed by atoms with Crippen LogP contribution in [0.4, 0.5) is 7.00 Å². The molecule has 0 aromatic heterocycles. The summed E-state index contributed by atoms with van der Waals surface area (Å²) in [5, 5.41) is 0. The second-order valence-electron chi connectivity index (χ2n) is 4.98. The van der Waals surface area contributed by atoms with Crippen molar-refractivity contribution in [3.8, 4) is 0 Å². The van der Waals surface area contributed by atoms with Crippen molar-refractivity contribution >= 4 is 19.7 Å². The molecule has 21 heavy (non-hydrogen) atoms. The Balaban J connectivity index is -0.0000000973. The number of hydrogen-bond acceptors (Lipinski definition) is 0. The van der Waals surface area contributed by atoms with Gasteiger partial charge in [0.1, 0.15) is 0 Å². The van der Waals surface area contributed by atoms with E-state index in [1.54, 1.807) is 12.1 Å². The maximum absolute atomic E-state index is 11.8. The molecule has 0 radical (unpaired) electrons. The van der Waals surface area contributed by atoms with Crippen molar-refractivity contribution in [3.05, 3.63) is 41.5 Å². The van der Waals surface area contributed by atoms with E-state index in [1.165, 1.54) is 12.1 Å². The zero-order valence-electron chi connectivity index (χ0n) is 13.9. The molecular formula is C14H29F2GeN3Zr. The summed E-state index contributed by atoms with van der Waals surface area (Å²) >= 11 is -3.89. The quantitative estimate of drug-likeness (QED) is 0.429. The number of nitrogens with one attached hydrogen (secondary N) is 3. The first-order chi connectivity index (χ1) is 9.00. The van der Waals surface area contributed by atoms with Gasteiger partial charge in [-0.05, 0) is 0 Å². The Kier molecular flexibility index (Phi) is 28.8. The van der Waals surface area contributed by atoms with Crippen LogP contribution in [0, 0.1) is 0 Å². The molecule has 0 unspecified atom stereocenters. The third kappa shape index (κ3) is 53.0. The molecule has 3 nitrogen and oxygen atoms in total. The molecule has 0 aliphatic heterocycles. The van der Waals surface area contributed by atoms with Gasteiger partial charge in [0.2, 0.25) is 0 Å². The van der Waals surface area contributed by atoms with E-state index in [1.807, 2.05) is 41.5 Å². The minimum absolute atomic E-state index is 0. The molecule has 0 aliphatic rings. The molecule has 1 rings (SSSR count). The van der Waals surface area contributed by atoms with Crippen LogP contribution in [0.2, 0.25) is 0 Å². The summed E-state index contributed by atoms with van der Waals surface area (Å²) in [5.74, 6) is 0. The van der Waals surface area contributed by atoms with Crippen molar-refractivity contribution in [2.75, 3.05) is 0 Å². The van der Waals surface area contributed by atoms with E-state index in [9.17, 15) is 7.00 Å². The maximum Gasteiger partial charge on any atom is 4.00 e. The van der Waals surface area contributed by atoms with Crippen molar-refractivity contribution in [3.63, 3.8) is 0 Å². The van der Waals surface area contributed by atoms with E-state index in [2.05, 4.69) is 0 Å². The van der Waals surface area contributed by atoms with Gasteiger partial charge in [-0.25, -0.2) is 0 Å². The standard InChI is InChI=1S/C5H5F2Ge.3C3H8N.Zr/c6-8(7)5-3-1-2-4-5;3*1-3(2)4;/h1-4,8H;3*3-4H,1-2H3;/q4*-1;+4. The van der Waals surface area contributed by atoms with Crippen molar-refractivity contribution in [1.29, 1.82) is 0 Å². The van der Waals surface area contributed by atoms with Gasteiger partial charge in [0.05, 0.1) is 0 Å². The van der Waals surface area contributed by atoms with Gasteiger partial charge in [-0.2, -0.15) is 0 Å². The zero-order valence-corrected chi connectivity index (χ0v) is 18.8. The molecule has 1 aromatic rings. The molecular weight excluding hydrogens is 412 g/mol. The van der Waals surface area contributed by atoms with Crippen molar-refractivity contribution in [2.45, 2.75) is 59.7 Å². The van der Waals surface area contributed by atoms with Gasteiger partial charge in [0.15, 0.2) is 0 Å². The first-order valence-corrected chi connectivity index (χ1v) is 9.68. The van der Waals surface area contributed by atoms with Crippen molar-refractivity contribution in [2.24, 2.45) is 0 Å². The van der Waals surface area contributed by atoms with Crippen molar-refractivity contribution in [1.82, 2.24) is 0 Å². The molecule has 122 valence electrons. The van der Waals surface area contributed by atoms with Gasteiger partial charge in [0, 0.05) is 0 Å². The van der Waals surface area contributed by atoms with Crippen LogP contribution in [0.5, 0.6) is 0 Å². The topological polar surface area (TPSA) is 71.4 Å². The Bertz CT molecular complexity index is 247. The van der Waals surface area contributed by atoms with E-state index in [-0.39, 0.29) is 48.7 Å². The van der Waals surface area contributed by atoms with Gasteiger partial charge in [0.25, 0.3) is 0 Å². The van der Waals surface area contributed by atoms with Crippen LogP contribution in [0.25, 0.3) is 17.2 Å². The first kappa shape index (κ1) is 29.5. The molecule has 0 saturated heterocycles. The molecule has 0 amide bonds. The summed E-state index contributed by atoms with van der Waals surface area (Å²) in [5.41, 5.74) is 19.8. The Hall–Kier alpha value is 0.516. The van der Waals surface area contributed by atoms with Gasteiger partial charge in [-0.1, -0.05) is 41.5 Å². The molecule has 0 fully saturated rings. The monoisotopic (exact) mass is 441 g/mol. The van der Waals surface area contributed by atoms with Crippen LogP contribution in [0.15, 0.2) is 24.3 Å². The fourth-order valence-corrected chi connectivity index (χ4v) is 1.61. The van der Waals surface area contributed by atoms with E-state index in [0.29, 0.717) is 0 Å². The first-order valence-electron chi connectivity index (χ1n) is 6.63. The smallest absolute Gasteiger partial charge is 4.00 e. The molecule has 0 saturated carbocycles. The van der Waals surface area contributed by atoms with Crippen LogP contribution >= 0.6 is 0 Å². The van der Waals surface area contributed by atoms with Gasteiger partial charge in [-0.3, -0.25) is 0 Å². The van der Waals surface area contributed by atoms with E-state index in [4.69, 9.17) is 17.2 Å². The summed E-state index contributed by atoms with van der Waals surface area (Å²) in [6.45, 7) is 11.0. The van der Waals surface area contributed by atoms with Gasteiger partial charge < -0.3 is 17.2 Å². The summed E-state index contributed by atoms with van der Waals surface area (Å²) < 4.78 is 23.9. The normalized spacial score (nSPS) is 9.10. The fraction of sp³-hybridized carbons (Fsp3) is 0.643. The fourth-order valence-electron chi connectivity index (χ4n) is 0.534. The summed E-state index contributed by atoms with van der Waals surface area (Å²) in [4.78, 5) is 0. The summed E-state index contributed by atoms with van der Waals surface area (Å²) in [6, 6.07) is 6.52. The molecule has 0 atom stereocenters. The number of halogens is 2. The molecule has 1 aromatic carbocycles. The average molecular weight is 441 g/mol. The molecule has 0 bridgehead atoms. The third-order valence-corrected chi connectivity index (χ3v) is 2.81. The Labute approximate surface area is 153 Å². The van der Waals surface area contributed by atoms with E-state index >= 15 is 0 Å². The van der Waals surface area contributed by atoms with E-state index in [0.717, 1.165) is 0 Å². The largest absolute Gasteiger partial charge is 4.00 e. The third-order valence-electron chi connectivity index (χ3n) is 0.940. The molecule has 0 heterocycles.